The van der Waals surface area contributed by atoms with Gasteiger partial charge in [0, 0.05) is 38.7 Å². The topological polar surface area (TPSA) is 100 Å². The number of fused-ring (bicyclic) bond motifs is 2. The second-order valence-corrected chi connectivity index (χ2v) is 9.12. The molecule has 1 fully saturated rings. The van der Waals surface area contributed by atoms with E-state index in [1.807, 2.05) is 57.8 Å². The molecule has 10 nitrogen and oxygen atoms in total. The van der Waals surface area contributed by atoms with Crippen molar-refractivity contribution in [2.24, 2.45) is 27.1 Å². The Morgan fingerprint density at radius 3 is 2.56 bits per heavy atom. The van der Waals surface area contributed by atoms with Gasteiger partial charge in [-0.2, -0.15) is 15.3 Å². The van der Waals surface area contributed by atoms with E-state index in [1.165, 1.54) is 12.8 Å². The Labute approximate surface area is 196 Å². The summed E-state index contributed by atoms with van der Waals surface area (Å²) in [4.78, 5) is 9.53. The van der Waals surface area contributed by atoms with Crippen molar-refractivity contribution < 1.29 is 4.74 Å². The Morgan fingerprint density at radius 2 is 1.74 bits per heavy atom. The molecule has 1 aliphatic carbocycles. The first-order valence-electron chi connectivity index (χ1n) is 11.6. The quantitative estimate of drug-likeness (QED) is 0.426. The van der Waals surface area contributed by atoms with Gasteiger partial charge >= 0.3 is 0 Å². The lowest BCUT2D eigenvalue weighted by Crippen LogP contribution is -2.19. The number of hydrogen-bond acceptors (Lipinski definition) is 7. The van der Waals surface area contributed by atoms with Crippen molar-refractivity contribution >= 4 is 33.7 Å². The molecule has 2 atom stereocenters. The van der Waals surface area contributed by atoms with E-state index in [4.69, 9.17) is 14.7 Å². The summed E-state index contributed by atoms with van der Waals surface area (Å²) in [6, 6.07) is 7.91. The van der Waals surface area contributed by atoms with Gasteiger partial charge in [0.1, 0.15) is 29.2 Å². The molecule has 5 heterocycles. The molecule has 5 aromatic heterocycles. The van der Waals surface area contributed by atoms with Crippen LogP contribution in [0, 0.1) is 5.92 Å². The van der Waals surface area contributed by atoms with Crippen molar-refractivity contribution in [3.8, 4) is 17.1 Å². The number of nitrogens with one attached hydrogen (secondary N) is 1. The summed E-state index contributed by atoms with van der Waals surface area (Å²) in [5.41, 5.74) is 3.15. The molecule has 1 N–H and O–H groups in total. The summed E-state index contributed by atoms with van der Waals surface area (Å²) in [7, 11) is 5.68. The van der Waals surface area contributed by atoms with Crippen LogP contribution in [0.2, 0.25) is 0 Å². The molecule has 0 radical (unpaired) electrons. The van der Waals surface area contributed by atoms with Crippen molar-refractivity contribution in [1.29, 1.82) is 0 Å². The van der Waals surface area contributed by atoms with Gasteiger partial charge in [-0.25, -0.2) is 9.97 Å². The minimum absolute atomic E-state index is 0.218. The lowest BCUT2D eigenvalue weighted by molar-refractivity contribution is 0.170. The summed E-state index contributed by atoms with van der Waals surface area (Å²) in [5, 5.41) is 18.7. The zero-order valence-electron chi connectivity index (χ0n) is 19.7. The van der Waals surface area contributed by atoms with Gasteiger partial charge in [0.15, 0.2) is 11.3 Å². The Hall–Kier alpha value is -3.95. The maximum atomic E-state index is 6.47. The number of hydrogen-bond donors (Lipinski definition) is 1. The van der Waals surface area contributed by atoms with Crippen molar-refractivity contribution in [3.63, 3.8) is 0 Å². The average molecular weight is 458 g/mol. The molecule has 1 aliphatic rings. The molecule has 0 spiro atoms. The van der Waals surface area contributed by atoms with Crippen molar-refractivity contribution in [1.82, 2.24) is 39.3 Å². The molecule has 1 saturated carbocycles. The number of ether oxygens (including phenoxy) is 1. The molecule has 0 saturated heterocycles. The maximum absolute atomic E-state index is 6.47. The van der Waals surface area contributed by atoms with Crippen LogP contribution in [0.25, 0.3) is 33.5 Å². The van der Waals surface area contributed by atoms with E-state index in [0.717, 1.165) is 51.4 Å². The molecule has 0 aliphatic heterocycles. The van der Waals surface area contributed by atoms with Gasteiger partial charge < -0.3 is 10.1 Å². The SMILES string of the molecule is CC1CCCC1Oc1cc(Nc2cc(-c3ccc4cnn(C)c4n3)nn2C)nc2c1cnn2C. The predicted octanol–water partition coefficient (Wildman–Crippen LogP) is 3.96. The smallest absolute Gasteiger partial charge is 0.163 e. The molecule has 174 valence electrons. The zero-order chi connectivity index (χ0) is 23.4. The Bertz CT molecular complexity index is 1510. The summed E-state index contributed by atoms with van der Waals surface area (Å²) in [6.45, 7) is 2.26. The molecule has 0 amide bonds. The molecule has 10 heteroatoms. The van der Waals surface area contributed by atoms with E-state index in [2.05, 4.69) is 27.5 Å². The second-order valence-electron chi connectivity index (χ2n) is 9.12. The van der Waals surface area contributed by atoms with Crippen molar-refractivity contribution in [3.05, 3.63) is 36.7 Å². The van der Waals surface area contributed by atoms with Gasteiger partial charge in [-0.1, -0.05) is 6.92 Å². The minimum atomic E-state index is 0.218. The number of rotatable bonds is 5. The van der Waals surface area contributed by atoms with Crippen molar-refractivity contribution in [2.45, 2.75) is 32.3 Å². The largest absolute Gasteiger partial charge is 0.489 e. The molecular formula is C24H27N9O. The van der Waals surface area contributed by atoms with Crippen molar-refractivity contribution in [2.75, 3.05) is 5.32 Å². The van der Waals surface area contributed by atoms with Gasteiger partial charge in [-0.3, -0.25) is 14.0 Å². The summed E-state index contributed by atoms with van der Waals surface area (Å²) >= 11 is 0. The number of pyridine rings is 2. The lowest BCUT2D eigenvalue weighted by Gasteiger charge is -2.19. The molecular weight excluding hydrogens is 430 g/mol. The van der Waals surface area contributed by atoms with Gasteiger partial charge in [0.25, 0.3) is 0 Å². The van der Waals surface area contributed by atoms with Crippen LogP contribution >= 0.6 is 0 Å². The summed E-state index contributed by atoms with van der Waals surface area (Å²) in [5.74, 6) is 2.84. The van der Waals surface area contributed by atoms with Crippen LogP contribution in [-0.4, -0.2) is 45.4 Å². The molecule has 2 unspecified atom stereocenters. The fraction of sp³-hybridized carbons (Fsp3) is 0.375. The van der Waals surface area contributed by atoms with Crippen LogP contribution in [0.4, 0.5) is 11.6 Å². The van der Waals surface area contributed by atoms with Gasteiger partial charge in [-0.05, 0) is 37.3 Å². The second kappa shape index (κ2) is 7.82. The van der Waals surface area contributed by atoms with Crippen LogP contribution in [0.1, 0.15) is 26.2 Å². The zero-order valence-corrected chi connectivity index (χ0v) is 19.7. The number of aryl methyl sites for hydroxylation is 3. The van der Waals surface area contributed by atoms with E-state index in [-0.39, 0.29) is 6.10 Å². The van der Waals surface area contributed by atoms with E-state index in [0.29, 0.717) is 11.7 Å². The number of anilines is 2. The Kier molecular flexibility index (Phi) is 4.75. The highest BCUT2D eigenvalue weighted by Gasteiger charge is 2.26. The molecule has 34 heavy (non-hydrogen) atoms. The van der Waals surface area contributed by atoms with Crippen LogP contribution in [0.3, 0.4) is 0 Å². The summed E-state index contributed by atoms with van der Waals surface area (Å²) < 4.78 is 11.8. The van der Waals surface area contributed by atoms with E-state index in [9.17, 15) is 0 Å². The third-order valence-corrected chi connectivity index (χ3v) is 6.71. The van der Waals surface area contributed by atoms with E-state index < -0.39 is 0 Å². The third-order valence-electron chi connectivity index (χ3n) is 6.71. The standard InChI is InChI=1S/C24H27N9O/c1-14-6-5-7-19(14)34-20-11-21(29-24-16(20)13-26-33(24)4)28-22-10-18(30-31(22)2)17-9-8-15-12-25-32(3)23(15)27-17/h8-14,19H,5-7H2,1-4H3,(H,28,29). The number of aromatic nitrogens is 8. The lowest BCUT2D eigenvalue weighted by atomic mass is 10.1. The fourth-order valence-electron chi connectivity index (χ4n) is 4.70. The minimum Gasteiger partial charge on any atom is -0.489 e. The highest BCUT2D eigenvalue weighted by atomic mass is 16.5. The molecule has 0 bridgehead atoms. The fourth-order valence-corrected chi connectivity index (χ4v) is 4.70. The predicted molar refractivity (Wildman–Crippen MR) is 130 cm³/mol. The first kappa shape index (κ1) is 20.6. The first-order chi connectivity index (χ1) is 16.5. The van der Waals surface area contributed by atoms with Gasteiger partial charge in [-0.15, -0.1) is 0 Å². The molecule has 5 aromatic rings. The van der Waals surface area contributed by atoms with E-state index in [1.54, 1.807) is 14.0 Å². The average Bonchev–Trinajstić information content (AvgIpc) is 3.59. The molecule has 6 rings (SSSR count). The first-order valence-corrected chi connectivity index (χ1v) is 11.6. The number of nitrogens with zero attached hydrogens (tertiary/aromatic N) is 8. The Balaban J connectivity index is 1.34. The maximum Gasteiger partial charge on any atom is 0.163 e. The Morgan fingerprint density at radius 1 is 0.912 bits per heavy atom. The van der Waals surface area contributed by atoms with Crippen LogP contribution in [0.5, 0.6) is 5.75 Å². The summed E-state index contributed by atoms with van der Waals surface area (Å²) in [6.07, 6.45) is 7.33. The highest BCUT2D eigenvalue weighted by Crippen LogP contribution is 2.34. The van der Waals surface area contributed by atoms with E-state index >= 15 is 0 Å². The van der Waals surface area contributed by atoms with Crippen LogP contribution in [-0.2, 0) is 21.1 Å². The monoisotopic (exact) mass is 457 g/mol. The normalized spacial score (nSPS) is 18.2. The highest BCUT2D eigenvalue weighted by molar-refractivity contribution is 5.85. The van der Waals surface area contributed by atoms with Crippen LogP contribution < -0.4 is 10.1 Å². The van der Waals surface area contributed by atoms with Gasteiger partial charge in [0.05, 0.1) is 23.5 Å². The van der Waals surface area contributed by atoms with Gasteiger partial charge in [0.2, 0.25) is 0 Å². The van der Waals surface area contributed by atoms with Crippen LogP contribution in [0.15, 0.2) is 36.7 Å². The third kappa shape index (κ3) is 3.46. The molecule has 0 aromatic carbocycles.